The minimum atomic E-state index is -0.992. The van der Waals surface area contributed by atoms with Gasteiger partial charge in [-0.15, -0.1) is 5.92 Å². The molecule has 1 rings (SSSR count). The SMILES string of the molecule is CCC#CCN(C)/N=C(\C=C/C=O)c1ccc(O)c(F)n1. The van der Waals surface area contributed by atoms with Gasteiger partial charge in [0.2, 0.25) is 0 Å². The Morgan fingerprint density at radius 3 is 2.90 bits per heavy atom. The van der Waals surface area contributed by atoms with E-state index in [0.29, 0.717) is 18.5 Å². The molecule has 0 atom stereocenters. The molecule has 5 nitrogen and oxygen atoms in total. The lowest BCUT2D eigenvalue weighted by molar-refractivity contribution is -0.104. The van der Waals surface area contributed by atoms with Crippen molar-refractivity contribution in [3.05, 3.63) is 35.9 Å². The molecule has 0 amide bonds. The van der Waals surface area contributed by atoms with E-state index in [9.17, 15) is 9.18 Å². The van der Waals surface area contributed by atoms with Crippen LogP contribution >= 0.6 is 0 Å². The highest BCUT2D eigenvalue weighted by atomic mass is 19.1. The lowest BCUT2D eigenvalue weighted by Gasteiger charge is -2.11. The molecule has 0 aromatic carbocycles. The van der Waals surface area contributed by atoms with Gasteiger partial charge in [0.25, 0.3) is 5.95 Å². The highest BCUT2D eigenvalue weighted by molar-refractivity contribution is 6.08. The number of hydrogen-bond donors (Lipinski definition) is 1. The first-order valence-electron chi connectivity index (χ1n) is 6.31. The van der Waals surface area contributed by atoms with Gasteiger partial charge in [-0.3, -0.25) is 9.80 Å². The van der Waals surface area contributed by atoms with Gasteiger partial charge >= 0.3 is 0 Å². The van der Waals surface area contributed by atoms with Crippen LogP contribution < -0.4 is 0 Å². The van der Waals surface area contributed by atoms with E-state index in [4.69, 9.17) is 5.11 Å². The van der Waals surface area contributed by atoms with Crippen molar-refractivity contribution in [2.24, 2.45) is 5.10 Å². The fraction of sp³-hybridized carbons (Fsp3) is 0.267. The number of rotatable bonds is 5. The first kappa shape index (κ1) is 16.4. The van der Waals surface area contributed by atoms with Crippen molar-refractivity contribution >= 4 is 12.0 Å². The monoisotopic (exact) mass is 289 g/mol. The van der Waals surface area contributed by atoms with Crippen molar-refractivity contribution in [2.75, 3.05) is 13.6 Å². The van der Waals surface area contributed by atoms with Crippen LogP contribution in [0.5, 0.6) is 5.75 Å². The predicted octanol–water partition coefficient (Wildman–Crippen LogP) is 1.73. The number of aromatic hydroxyl groups is 1. The fourth-order valence-electron chi connectivity index (χ4n) is 1.38. The molecule has 0 spiro atoms. The lowest BCUT2D eigenvalue weighted by Crippen LogP contribution is -2.15. The van der Waals surface area contributed by atoms with E-state index in [0.717, 1.165) is 6.42 Å². The third kappa shape index (κ3) is 5.45. The standard InChI is InChI=1S/C15H16FN3O2/c1-3-4-5-10-19(2)18-13(7-6-11-20)12-8-9-14(21)15(16)17-12/h6-9,11,21H,3,10H2,1-2H3/b7-6-,18-13+. The molecule has 1 aromatic heterocycles. The molecule has 1 heterocycles. The third-order valence-corrected chi connectivity index (χ3v) is 2.31. The van der Waals surface area contributed by atoms with Crippen LogP contribution in [0, 0.1) is 17.8 Å². The maximum atomic E-state index is 13.3. The van der Waals surface area contributed by atoms with Crippen molar-refractivity contribution in [1.82, 2.24) is 9.99 Å². The minimum absolute atomic E-state index is 0.207. The van der Waals surface area contributed by atoms with E-state index in [-0.39, 0.29) is 5.69 Å². The van der Waals surface area contributed by atoms with Gasteiger partial charge in [0.15, 0.2) is 5.75 Å². The topological polar surface area (TPSA) is 65.8 Å². The van der Waals surface area contributed by atoms with E-state index in [1.165, 1.54) is 24.3 Å². The van der Waals surface area contributed by atoms with E-state index in [1.807, 2.05) is 6.92 Å². The maximum Gasteiger partial charge on any atom is 0.255 e. The predicted molar refractivity (Wildman–Crippen MR) is 78.3 cm³/mol. The second-order valence-electron chi connectivity index (χ2n) is 4.01. The third-order valence-electron chi connectivity index (χ3n) is 2.31. The number of pyridine rings is 1. The summed E-state index contributed by atoms with van der Waals surface area (Å²) in [5.41, 5.74) is 0.500. The molecule has 110 valence electrons. The molecule has 0 bridgehead atoms. The molecule has 0 aliphatic heterocycles. The van der Waals surface area contributed by atoms with Crippen molar-refractivity contribution in [1.29, 1.82) is 0 Å². The smallest absolute Gasteiger partial charge is 0.255 e. The number of allylic oxidation sites excluding steroid dienone is 2. The van der Waals surface area contributed by atoms with Gasteiger partial charge in [0, 0.05) is 13.5 Å². The van der Waals surface area contributed by atoms with Crippen LogP contribution in [-0.2, 0) is 4.79 Å². The minimum Gasteiger partial charge on any atom is -0.504 e. The lowest BCUT2D eigenvalue weighted by atomic mass is 10.2. The van der Waals surface area contributed by atoms with Gasteiger partial charge in [-0.2, -0.15) is 9.49 Å². The number of aldehydes is 1. The second kappa shape index (κ2) is 8.48. The maximum absolute atomic E-state index is 13.3. The van der Waals surface area contributed by atoms with Gasteiger partial charge in [-0.05, 0) is 24.3 Å². The van der Waals surface area contributed by atoms with Crippen LogP contribution in [0.1, 0.15) is 19.0 Å². The van der Waals surface area contributed by atoms with Gasteiger partial charge < -0.3 is 5.11 Å². The molecule has 1 N–H and O–H groups in total. The number of nitrogens with zero attached hydrogens (tertiary/aromatic N) is 3. The number of carbonyl (C=O) groups is 1. The molecular weight excluding hydrogens is 273 g/mol. The van der Waals surface area contributed by atoms with Gasteiger partial charge in [0.05, 0.1) is 12.2 Å². The highest BCUT2D eigenvalue weighted by Gasteiger charge is 2.08. The molecule has 0 saturated carbocycles. The zero-order chi connectivity index (χ0) is 15.7. The number of carbonyl (C=O) groups excluding carboxylic acids is 1. The van der Waals surface area contributed by atoms with Crippen molar-refractivity contribution in [2.45, 2.75) is 13.3 Å². The Hall–Kier alpha value is -2.68. The fourth-order valence-corrected chi connectivity index (χ4v) is 1.38. The highest BCUT2D eigenvalue weighted by Crippen LogP contribution is 2.13. The summed E-state index contributed by atoms with van der Waals surface area (Å²) < 4.78 is 13.3. The Kier molecular flexibility index (Phi) is 6.61. The first-order valence-corrected chi connectivity index (χ1v) is 6.31. The molecule has 21 heavy (non-hydrogen) atoms. The Morgan fingerprint density at radius 1 is 1.52 bits per heavy atom. The van der Waals surface area contributed by atoms with Crippen molar-refractivity contribution in [3.8, 4) is 17.6 Å². The zero-order valence-electron chi connectivity index (χ0n) is 11.9. The van der Waals surface area contributed by atoms with Crippen LogP contribution in [-0.4, -0.2) is 40.7 Å². The summed E-state index contributed by atoms with van der Waals surface area (Å²) in [6.45, 7) is 2.34. The van der Waals surface area contributed by atoms with E-state index in [1.54, 1.807) is 12.1 Å². The van der Waals surface area contributed by atoms with Gasteiger partial charge in [-0.1, -0.05) is 12.8 Å². The van der Waals surface area contributed by atoms with Crippen molar-refractivity contribution in [3.63, 3.8) is 0 Å². The van der Waals surface area contributed by atoms with Gasteiger partial charge in [-0.25, -0.2) is 4.98 Å². The molecule has 0 fully saturated rings. The van der Waals surface area contributed by atoms with Crippen molar-refractivity contribution < 1.29 is 14.3 Å². The van der Waals surface area contributed by atoms with Crippen LogP contribution in [0.4, 0.5) is 4.39 Å². The quantitative estimate of drug-likeness (QED) is 0.224. The molecule has 0 saturated heterocycles. The molecule has 1 aromatic rings. The van der Waals surface area contributed by atoms with E-state index in [2.05, 4.69) is 21.9 Å². The summed E-state index contributed by atoms with van der Waals surface area (Å²) in [6.07, 6.45) is 3.98. The van der Waals surface area contributed by atoms with E-state index < -0.39 is 11.7 Å². The first-order chi connectivity index (χ1) is 10.1. The Morgan fingerprint density at radius 2 is 2.29 bits per heavy atom. The average Bonchev–Trinajstić information content (AvgIpc) is 2.46. The summed E-state index contributed by atoms with van der Waals surface area (Å²) in [4.78, 5) is 14.0. The summed E-state index contributed by atoms with van der Waals surface area (Å²) in [5, 5.41) is 14.9. The number of hydrogen-bond acceptors (Lipinski definition) is 5. The number of aromatic nitrogens is 1. The Bertz CT molecular complexity index is 615. The molecular formula is C15H16FN3O2. The molecule has 6 heteroatoms. The Labute approximate surface area is 122 Å². The average molecular weight is 289 g/mol. The van der Waals surface area contributed by atoms with Crippen LogP contribution in [0.25, 0.3) is 0 Å². The molecule has 0 unspecified atom stereocenters. The van der Waals surface area contributed by atoms with Crippen LogP contribution in [0.3, 0.4) is 0 Å². The number of hydrazone groups is 1. The second-order valence-corrected chi connectivity index (χ2v) is 4.01. The van der Waals surface area contributed by atoms with Crippen LogP contribution in [0.2, 0.25) is 0 Å². The summed E-state index contributed by atoms with van der Waals surface area (Å²) >= 11 is 0. The summed E-state index contributed by atoms with van der Waals surface area (Å²) in [7, 11) is 1.70. The largest absolute Gasteiger partial charge is 0.504 e. The Balaban J connectivity index is 3.06. The normalized spacial score (nSPS) is 11.1. The summed E-state index contributed by atoms with van der Waals surface area (Å²) in [5.74, 6) is 4.28. The van der Waals surface area contributed by atoms with E-state index >= 15 is 0 Å². The molecule has 0 aliphatic rings. The molecule has 0 radical (unpaired) electrons. The summed E-state index contributed by atoms with van der Waals surface area (Å²) in [6, 6.07) is 2.59. The molecule has 0 aliphatic carbocycles. The van der Waals surface area contributed by atoms with Gasteiger partial charge in [0.1, 0.15) is 12.0 Å². The zero-order valence-corrected chi connectivity index (χ0v) is 11.9. The number of halogens is 1. The van der Waals surface area contributed by atoms with Crippen LogP contribution in [0.15, 0.2) is 29.4 Å².